The Labute approximate surface area is 129 Å². The summed E-state index contributed by atoms with van der Waals surface area (Å²) in [5.41, 5.74) is 3.06. The van der Waals surface area contributed by atoms with E-state index in [2.05, 4.69) is 15.5 Å². The molecule has 21 heavy (non-hydrogen) atoms. The summed E-state index contributed by atoms with van der Waals surface area (Å²) < 4.78 is 1.73. The smallest absolute Gasteiger partial charge is 0.210 e. The van der Waals surface area contributed by atoms with Crippen molar-refractivity contribution in [1.29, 1.82) is 0 Å². The molecular weight excluding hydrogens is 284 g/mol. The Hall–Kier alpha value is -1.69. The zero-order valence-electron chi connectivity index (χ0n) is 13.0. The number of benzene rings is 1. The van der Waals surface area contributed by atoms with Crippen molar-refractivity contribution in [2.75, 3.05) is 0 Å². The highest BCUT2D eigenvalue weighted by atomic mass is 32.2. The van der Waals surface area contributed by atoms with Crippen LogP contribution in [-0.4, -0.2) is 31.2 Å². The molecule has 0 aliphatic carbocycles. The quantitative estimate of drug-likeness (QED) is 0.627. The third kappa shape index (κ3) is 3.50. The summed E-state index contributed by atoms with van der Waals surface area (Å²) in [5.74, 6) is 0.0985. The van der Waals surface area contributed by atoms with Crippen molar-refractivity contribution in [3.63, 3.8) is 0 Å². The molecule has 0 N–H and O–H groups in total. The largest absolute Gasteiger partial charge is 0.293 e. The molecule has 0 radical (unpaired) electrons. The van der Waals surface area contributed by atoms with Crippen molar-refractivity contribution < 1.29 is 4.79 Å². The summed E-state index contributed by atoms with van der Waals surface area (Å²) in [6.45, 7) is 9.97. The van der Waals surface area contributed by atoms with Crippen LogP contribution in [0.2, 0.25) is 0 Å². The Balaban J connectivity index is 2.15. The van der Waals surface area contributed by atoms with Crippen molar-refractivity contribution in [3.05, 3.63) is 34.9 Å². The standard InChI is InChI=1S/C15H20N4OS/c1-9(2)19-15(16-17-18-19)21-12(5)14(20)13-7-6-10(3)11(4)8-13/h6-9,12H,1-5H3/t12-/m0/s1. The molecule has 1 heterocycles. The summed E-state index contributed by atoms with van der Waals surface area (Å²) in [5, 5.41) is 12.1. The van der Waals surface area contributed by atoms with E-state index < -0.39 is 0 Å². The fourth-order valence-electron chi connectivity index (χ4n) is 1.93. The van der Waals surface area contributed by atoms with Gasteiger partial charge >= 0.3 is 0 Å². The number of hydrogen-bond donors (Lipinski definition) is 0. The van der Waals surface area contributed by atoms with Crippen LogP contribution in [-0.2, 0) is 0 Å². The number of carbonyl (C=O) groups excluding carboxylic acids is 1. The minimum Gasteiger partial charge on any atom is -0.293 e. The minimum atomic E-state index is -0.226. The third-order valence-corrected chi connectivity index (χ3v) is 4.44. The third-order valence-electron chi connectivity index (χ3n) is 3.39. The van der Waals surface area contributed by atoms with Crippen LogP contribution in [0.3, 0.4) is 0 Å². The Morgan fingerprint density at radius 2 is 1.90 bits per heavy atom. The van der Waals surface area contributed by atoms with Gasteiger partial charge in [0.25, 0.3) is 0 Å². The van der Waals surface area contributed by atoms with E-state index in [-0.39, 0.29) is 17.1 Å². The molecule has 0 aliphatic heterocycles. The first-order valence-electron chi connectivity index (χ1n) is 6.96. The summed E-state index contributed by atoms with van der Waals surface area (Å²) >= 11 is 1.40. The van der Waals surface area contributed by atoms with Crippen LogP contribution < -0.4 is 0 Å². The van der Waals surface area contributed by atoms with Crippen LogP contribution in [0.1, 0.15) is 48.3 Å². The monoisotopic (exact) mass is 304 g/mol. The molecule has 0 saturated carbocycles. The maximum atomic E-state index is 12.5. The van der Waals surface area contributed by atoms with Crippen LogP contribution in [0.4, 0.5) is 0 Å². The van der Waals surface area contributed by atoms with E-state index in [1.807, 2.05) is 52.8 Å². The van der Waals surface area contributed by atoms with Gasteiger partial charge in [-0.15, -0.1) is 5.10 Å². The number of aromatic nitrogens is 4. The van der Waals surface area contributed by atoms with E-state index in [1.165, 1.54) is 17.3 Å². The predicted molar refractivity (Wildman–Crippen MR) is 83.8 cm³/mol. The number of tetrazole rings is 1. The van der Waals surface area contributed by atoms with Gasteiger partial charge in [-0.2, -0.15) is 0 Å². The van der Waals surface area contributed by atoms with Gasteiger partial charge in [0.1, 0.15) is 0 Å². The van der Waals surface area contributed by atoms with Gasteiger partial charge in [0.15, 0.2) is 5.78 Å². The molecule has 1 aromatic heterocycles. The number of thioether (sulfide) groups is 1. The van der Waals surface area contributed by atoms with Gasteiger partial charge in [-0.25, -0.2) is 4.68 Å². The molecule has 0 saturated heterocycles. The van der Waals surface area contributed by atoms with E-state index in [0.29, 0.717) is 5.16 Å². The Kier molecular flexibility index (Phi) is 4.77. The average Bonchev–Trinajstić information content (AvgIpc) is 2.89. The Morgan fingerprint density at radius 1 is 1.19 bits per heavy atom. The minimum absolute atomic E-state index is 0.0985. The van der Waals surface area contributed by atoms with Gasteiger partial charge in [-0.05, 0) is 62.2 Å². The van der Waals surface area contributed by atoms with Gasteiger partial charge in [0.05, 0.1) is 11.3 Å². The van der Waals surface area contributed by atoms with E-state index in [0.717, 1.165) is 11.1 Å². The van der Waals surface area contributed by atoms with Gasteiger partial charge in [-0.1, -0.05) is 23.9 Å². The molecule has 0 bridgehead atoms. The maximum absolute atomic E-state index is 12.5. The Bertz CT molecular complexity index is 651. The second-order valence-electron chi connectivity index (χ2n) is 5.42. The highest BCUT2D eigenvalue weighted by molar-refractivity contribution is 8.00. The zero-order chi connectivity index (χ0) is 15.6. The van der Waals surface area contributed by atoms with E-state index in [9.17, 15) is 4.79 Å². The number of Topliss-reactive ketones (excluding diaryl/α,β-unsaturated/α-hetero) is 1. The molecule has 1 atom stereocenters. The summed E-state index contributed by atoms with van der Waals surface area (Å²) in [6.07, 6.45) is 0. The Morgan fingerprint density at radius 3 is 2.52 bits per heavy atom. The fourth-order valence-corrected chi connectivity index (χ4v) is 2.93. The lowest BCUT2D eigenvalue weighted by Gasteiger charge is -2.12. The second-order valence-corrected chi connectivity index (χ2v) is 6.73. The van der Waals surface area contributed by atoms with Gasteiger partial charge < -0.3 is 0 Å². The summed E-state index contributed by atoms with van der Waals surface area (Å²) in [6, 6.07) is 5.98. The highest BCUT2D eigenvalue weighted by Crippen LogP contribution is 2.25. The highest BCUT2D eigenvalue weighted by Gasteiger charge is 2.21. The molecule has 0 aliphatic rings. The SMILES string of the molecule is Cc1ccc(C(=O)[C@H](C)Sc2nnnn2C(C)C)cc1C. The number of nitrogens with zero attached hydrogens (tertiary/aromatic N) is 4. The molecule has 0 fully saturated rings. The molecule has 1 aromatic carbocycles. The molecule has 0 amide bonds. The number of carbonyl (C=O) groups is 1. The van der Waals surface area contributed by atoms with Crippen molar-refractivity contribution in [1.82, 2.24) is 20.2 Å². The topological polar surface area (TPSA) is 60.7 Å². The number of hydrogen-bond acceptors (Lipinski definition) is 5. The first-order chi connectivity index (χ1) is 9.90. The molecule has 2 aromatic rings. The van der Waals surface area contributed by atoms with E-state index >= 15 is 0 Å². The average molecular weight is 304 g/mol. The molecular formula is C15H20N4OS. The molecule has 0 unspecified atom stereocenters. The van der Waals surface area contributed by atoms with E-state index in [4.69, 9.17) is 0 Å². The van der Waals surface area contributed by atoms with Crippen LogP contribution in [0.5, 0.6) is 0 Å². The summed E-state index contributed by atoms with van der Waals surface area (Å²) in [4.78, 5) is 12.5. The maximum Gasteiger partial charge on any atom is 0.210 e. The first kappa shape index (κ1) is 15.7. The van der Waals surface area contributed by atoms with Gasteiger partial charge in [0.2, 0.25) is 5.16 Å². The van der Waals surface area contributed by atoms with Gasteiger partial charge in [0, 0.05) is 5.56 Å². The number of ketones is 1. The lowest BCUT2D eigenvalue weighted by molar-refractivity contribution is 0.0993. The lowest BCUT2D eigenvalue weighted by Crippen LogP contribution is -2.15. The molecule has 0 spiro atoms. The molecule has 2 rings (SSSR count). The van der Waals surface area contributed by atoms with E-state index in [1.54, 1.807) is 4.68 Å². The molecule has 5 nitrogen and oxygen atoms in total. The van der Waals surface area contributed by atoms with Crippen LogP contribution in [0.15, 0.2) is 23.4 Å². The van der Waals surface area contributed by atoms with Gasteiger partial charge in [-0.3, -0.25) is 4.79 Å². The zero-order valence-corrected chi connectivity index (χ0v) is 13.8. The molecule has 6 heteroatoms. The first-order valence-corrected chi connectivity index (χ1v) is 7.84. The normalized spacial score (nSPS) is 12.7. The van der Waals surface area contributed by atoms with Crippen LogP contribution in [0.25, 0.3) is 0 Å². The predicted octanol–water partition coefficient (Wildman–Crippen LogP) is 3.23. The second kappa shape index (κ2) is 6.39. The van der Waals surface area contributed by atoms with Crippen LogP contribution in [0, 0.1) is 13.8 Å². The fraction of sp³-hybridized carbons (Fsp3) is 0.467. The van der Waals surface area contributed by atoms with Crippen molar-refractivity contribution in [3.8, 4) is 0 Å². The van der Waals surface area contributed by atoms with Crippen molar-refractivity contribution in [2.24, 2.45) is 0 Å². The summed E-state index contributed by atoms with van der Waals surface area (Å²) in [7, 11) is 0. The number of rotatable bonds is 5. The molecule has 112 valence electrons. The van der Waals surface area contributed by atoms with Crippen molar-refractivity contribution in [2.45, 2.75) is 51.1 Å². The lowest BCUT2D eigenvalue weighted by atomic mass is 10.0. The van der Waals surface area contributed by atoms with Crippen molar-refractivity contribution >= 4 is 17.5 Å². The van der Waals surface area contributed by atoms with Crippen LogP contribution >= 0.6 is 11.8 Å². The number of aryl methyl sites for hydroxylation is 2.